The molecule has 1 aromatic carbocycles. The summed E-state index contributed by atoms with van der Waals surface area (Å²) in [6, 6.07) is 8.35. The van der Waals surface area contributed by atoms with Gasteiger partial charge in [0.1, 0.15) is 0 Å². The Morgan fingerprint density at radius 2 is 1.89 bits per heavy atom. The highest BCUT2D eigenvalue weighted by molar-refractivity contribution is 7.99. The van der Waals surface area contributed by atoms with Crippen LogP contribution in [-0.4, -0.2) is 27.9 Å². The van der Waals surface area contributed by atoms with Gasteiger partial charge in [-0.05, 0) is 36.5 Å². The summed E-state index contributed by atoms with van der Waals surface area (Å²) in [6.07, 6.45) is 4.55. The third kappa shape index (κ3) is 7.01. The highest BCUT2D eigenvalue weighted by Crippen LogP contribution is 2.27. The molecule has 0 aliphatic carbocycles. The normalized spacial score (nSPS) is 12.8. The molecular weight excluding hydrogens is 358 g/mol. The maximum absolute atomic E-state index is 12.0. The molecule has 0 bridgehead atoms. The standard InChI is InChI=1S/C21H31N3O2S/c1-6-7-8-9-15(2)22-18(25)14-27-20-24-23-19(26-20)16-10-12-17(13-11-16)21(3,4)5/h10-13,15H,6-9,14H2,1-5H3,(H,22,25)/t15-/m1/s1. The van der Waals surface area contributed by atoms with Crippen LogP contribution in [0.5, 0.6) is 0 Å². The van der Waals surface area contributed by atoms with E-state index < -0.39 is 0 Å². The second-order valence-corrected chi connectivity index (χ2v) is 8.88. The van der Waals surface area contributed by atoms with Crippen molar-refractivity contribution in [3.8, 4) is 11.5 Å². The van der Waals surface area contributed by atoms with Crippen LogP contribution >= 0.6 is 11.8 Å². The quantitative estimate of drug-likeness (QED) is 0.471. The Bertz CT molecular complexity index is 720. The second-order valence-electron chi connectivity index (χ2n) is 7.95. The average Bonchev–Trinajstić information content (AvgIpc) is 3.08. The molecule has 148 valence electrons. The van der Waals surface area contributed by atoms with Crippen molar-refractivity contribution in [3.63, 3.8) is 0 Å². The Hall–Kier alpha value is -1.82. The van der Waals surface area contributed by atoms with Gasteiger partial charge < -0.3 is 9.73 Å². The predicted molar refractivity (Wildman–Crippen MR) is 111 cm³/mol. The van der Waals surface area contributed by atoms with Crippen LogP contribution in [0, 0.1) is 0 Å². The van der Waals surface area contributed by atoms with Crippen molar-refractivity contribution in [3.05, 3.63) is 29.8 Å². The summed E-state index contributed by atoms with van der Waals surface area (Å²) in [7, 11) is 0. The Balaban J connectivity index is 1.84. The van der Waals surface area contributed by atoms with Gasteiger partial charge in [-0.3, -0.25) is 4.79 Å². The topological polar surface area (TPSA) is 68.0 Å². The molecule has 0 saturated heterocycles. The van der Waals surface area contributed by atoms with Gasteiger partial charge in [0.2, 0.25) is 11.8 Å². The Morgan fingerprint density at radius 3 is 2.52 bits per heavy atom. The first-order valence-electron chi connectivity index (χ1n) is 9.66. The molecule has 1 atom stereocenters. The number of amides is 1. The number of unbranched alkanes of at least 4 members (excludes halogenated alkanes) is 2. The number of nitrogens with zero attached hydrogens (tertiary/aromatic N) is 2. The first-order valence-corrected chi connectivity index (χ1v) is 10.6. The van der Waals surface area contributed by atoms with Crippen LogP contribution in [0.15, 0.2) is 33.9 Å². The van der Waals surface area contributed by atoms with Gasteiger partial charge in [0.15, 0.2) is 0 Å². The van der Waals surface area contributed by atoms with Crippen molar-refractivity contribution < 1.29 is 9.21 Å². The highest BCUT2D eigenvalue weighted by atomic mass is 32.2. The minimum absolute atomic E-state index is 0.00159. The Morgan fingerprint density at radius 1 is 1.19 bits per heavy atom. The minimum atomic E-state index is -0.00159. The molecule has 2 aromatic rings. The molecule has 0 unspecified atom stereocenters. The van der Waals surface area contributed by atoms with Gasteiger partial charge in [-0.2, -0.15) is 0 Å². The van der Waals surface area contributed by atoms with E-state index in [1.807, 2.05) is 19.1 Å². The van der Waals surface area contributed by atoms with Gasteiger partial charge >= 0.3 is 0 Å². The van der Waals surface area contributed by atoms with E-state index in [0.29, 0.717) is 11.1 Å². The molecule has 1 amide bonds. The summed E-state index contributed by atoms with van der Waals surface area (Å²) < 4.78 is 5.69. The number of aromatic nitrogens is 2. The lowest BCUT2D eigenvalue weighted by atomic mass is 9.87. The second kappa shape index (κ2) is 9.93. The molecule has 27 heavy (non-hydrogen) atoms. The molecule has 0 saturated carbocycles. The molecular formula is C21H31N3O2S. The van der Waals surface area contributed by atoms with E-state index in [9.17, 15) is 4.79 Å². The lowest BCUT2D eigenvalue weighted by Crippen LogP contribution is -2.33. The number of carbonyl (C=O) groups excluding carboxylic acids is 1. The van der Waals surface area contributed by atoms with Crippen LogP contribution < -0.4 is 5.32 Å². The third-order valence-electron chi connectivity index (χ3n) is 4.38. The number of rotatable bonds is 9. The average molecular weight is 390 g/mol. The summed E-state index contributed by atoms with van der Waals surface area (Å²) in [5.74, 6) is 0.757. The van der Waals surface area contributed by atoms with Crippen LogP contribution in [-0.2, 0) is 10.2 Å². The van der Waals surface area contributed by atoms with E-state index in [4.69, 9.17) is 4.42 Å². The fourth-order valence-electron chi connectivity index (χ4n) is 2.71. The molecule has 0 aliphatic rings. The number of hydrogen-bond acceptors (Lipinski definition) is 5. The van der Waals surface area contributed by atoms with Crippen molar-refractivity contribution in [2.45, 2.75) is 77.0 Å². The summed E-state index contributed by atoms with van der Waals surface area (Å²) in [4.78, 5) is 12.0. The van der Waals surface area contributed by atoms with E-state index >= 15 is 0 Å². The van der Waals surface area contributed by atoms with Gasteiger partial charge in [-0.1, -0.05) is 70.9 Å². The Labute approximate surface area is 166 Å². The first-order chi connectivity index (χ1) is 12.8. The van der Waals surface area contributed by atoms with Crippen LogP contribution in [0.2, 0.25) is 0 Å². The maximum atomic E-state index is 12.0. The first kappa shape index (κ1) is 21.5. The summed E-state index contributed by atoms with van der Waals surface area (Å²) in [5.41, 5.74) is 2.25. The van der Waals surface area contributed by atoms with Crippen LogP contribution in [0.25, 0.3) is 11.5 Å². The highest BCUT2D eigenvalue weighted by Gasteiger charge is 2.15. The van der Waals surface area contributed by atoms with Gasteiger partial charge in [-0.25, -0.2) is 0 Å². The van der Waals surface area contributed by atoms with E-state index in [-0.39, 0.29) is 23.1 Å². The number of benzene rings is 1. The predicted octanol–water partition coefficient (Wildman–Crippen LogP) is 5.21. The fraction of sp³-hybridized carbons (Fsp3) is 0.571. The van der Waals surface area contributed by atoms with Gasteiger partial charge in [-0.15, -0.1) is 10.2 Å². The van der Waals surface area contributed by atoms with Crippen molar-refractivity contribution in [2.24, 2.45) is 0 Å². The zero-order chi connectivity index (χ0) is 19.9. The molecule has 1 N–H and O–H groups in total. The molecule has 5 nitrogen and oxygen atoms in total. The molecule has 6 heteroatoms. The van der Waals surface area contributed by atoms with Crippen LogP contribution in [0.1, 0.15) is 65.9 Å². The van der Waals surface area contributed by atoms with E-state index in [1.54, 1.807) is 0 Å². The molecule has 0 radical (unpaired) electrons. The molecule has 0 aliphatic heterocycles. The molecule has 0 spiro atoms. The Kier molecular flexibility index (Phi) is 7.90. The zero-order valence-electron chi connectivity index (χ0n) is 17.0. The smallest absolute Gasteiger partial charge is 0.277 e. The minimum Gasteiger partial charge on any atom is -0.411 e. The number of nitrogens with one attached hydrogen (secondary N) is 1. The largest absolute Gasteiger partial charge is 0.411 e. The van der Waals surface area contributed by atoms with Crippen LogP contribution in [0.4, 0.5) is 0 Å². The lowest BCUT2D eigenvalue weighted by Gasteiger charge is -2.18. The fourth-order valence-corrected chi connectivity index (χ4v) is 3.29. The monoisotopic (exact) mass is 389 g/mol. The molecule has 2 rings (SSSR count). The van der Waals surface area contributed by atoms with Gasteiger partial charge in [0.25, 0.3) is 5.22 Å². The van der Waals surface area contributed by atoms with Crippen LogP contribution in [0.3, 0.4) is 0 Å². The number of hydrogen-bond donors (Lipinski definition) is 1. The summed E-state index contributed by atoms with van der Waals surface area (Å²) in [5, 5.41) is 11.6. The van der Waals surface area contributed by atoms with Crippen molar-refractivity contribution in [2.75, 3.05) is 5.75 Å². The van der Waals surface area contributed by atoms with E-state index in [2.05, 4.69) is 55.3 Å². The van der Waals surface area contributed by atoms with E-state index in [0.717, 1.165) is 18.4 Å². The van der Waals surface area contributed by atoms with Crippen molar-refractivity contribution in [1.82, 2.24) is 15.5 Å². The van der Waals surface area contributed by atoms with Gasteiger partial charge in [0, 0.05) is 11.6 Å². The number of thioether (sulfide) groups is 1. The summed E-state index contributed by atoms with van der Waals surface area (Å²) >= 11 is 1.27. The van der Waals surface area contributed by atoms with Crippen molar-refractivity contribution >= 4 is 17.7 Å². The van der Waals surface area contributed by atoms with Gasteiger partial charge in [0.05, 0.1) is 5.75 Å². The third-order valence-corrected chi connectivity index (χ3v) is 5.20. The molecule has 1 heterocycles. The maximum Gasteiger partial charge on any atom is 0.277 e. The SMILES string of the molecule is CCCCC[C@@H](C)NC(=O)CSc1nnc(-c2ccc(C(C)(C)C)cc2)o1. The summed E-state index contributed by atoms with van der Waals surface area (Å²) in [6.45, 7) is 10.8. The van der Waals surface area contributed by atoms with E-state index in [1.165, 1.54) is 30.2 Å². The molecule has 0 fully saturated rings. The zero-order valence-corrected chi connectivity index (χ0v) is 17.9. The number of carbonyl (C=O) groups is 1. The lowest BCUT2D eigenvalue weighted by molar-refractivity contribution is -0.119. The van der Waals surface area contributed by atoms with Crippen molar-refractivity contribution in [1.29, 1.82) is 0 Å². The molecule has 1 aromatic heterocycles.